The summed E-state index contributed by atoms with van der Waals surface area (Å²) in [6.45, 7) is 6.14. The number of nitrogens with zero attached hydrogens (tertiary/aromatic N) is 2. The van der Waals surface area contributed by atoms with Crippen LogP contribution in [0.3, 0.4) is 0 Å². The molecule has 0 radical (unpaired) electrons. The minimum absolute atomic E-state index is 0.134. The molecular formula is C15H20N4O. The van der Waals surface area contributed by atoms with Gasteiger partial charge in [0, 0.05) is 25.0 Å². The third kappa shape index (κ3) is 2.58. The van der Waals surface area contributed by atoms with Crippen molar-refractivity contribution in [3.8, 4) is 0 Å². The Hall–Kier alpha value is -2.14. The normalized spacial score (nSPS) is 10.7. The summed E-state index contributed by atoms with van der Waals surface area (Å²) in [6, 6.07) is 5.83. The lowest BCUT2D eigenvalue weighted by Gasteiger charge is -2.10. The Morgan fingerprint density at radius 1 is 1.35 bits per heavy atom. The van der Waals surface area contributed by atoms with Crippen LogP contribution in [0.5, 0.6) is 0 Å². The van der Waals surface area contributed by atoms with Gasteiger partial charge < -0.3 is 11.1 Å². The van der Waals surface area contributed by atoms with E-state index in [4.69, 9.17) is 5.73 Å². The first-order valence-corrected chi connectivity index (χ1v) is 6.55. The van der Waals surface area contributed by atoms with E-state index in [1.165, 1.54) is 0 Å². The maximum atomic E-state index is 12.4. The first-order chi connectivity index (χ1) is 9.43. The summed E-state index contributed by atoms with van der Waals surface area (Å²) < 4.78 is 1.72. The van der Waals surface area contributed by atoms with Crippen LogP contribution in [0.4, 0.5) is 5.69 Å². The molecule has 20 heavy (non-hydrogen) atoms. The van der Waals surface area contributed by atoms with Crippen LogP contribution in [0.15, 0.2) is 18.2 Å². The molecule has 0 aliphatic rings. The predicted octanol–water partition coefficient (Wildman–Crippen LogP) is 2.06. The summed E-state index contributed by atoms with van der Waals surface area (Å²) >= 11 is 0. The van der Waals surface area contributed by atoms with E-state index in [0.717, 1.165) is 28.2 Å². The van der Waals surface area contributed by atoms with Gasteiger partial charge >= 0.3 is 0 Å². The summed E-state index contributed by atoms with van der Waals surface area (Å²) in [6.07, 6.45) is 0. The number of hydrogen-bond acceptors (Lipinski definition) is 3. The van der Waals surface area contributed by atoms with Crippen molar-refractivity contribution in [2.75, 3.05) is 5.32 Å². The molecule has 0 unspecified atom stereocenters. The summed E-state index contributed by atoms with van der Waals surface area (Å²) in [5.41, 5.74) is 10.6. The second kappa shape index (κ2) is 5.46. The number of nitrogens with two attached hydrogens (primary N) is 1. The molecule has 1 amide bonds. The lowest BCUT2D eigenvalue weighted by Crippen LogP contribution is -2.15. The molecule has 0 fully saturated rings. The summed E-state index contributed by atoms with van der Waals surface area (Å²) in [7, 11) is 1.83. The lowest BCUT2D eigenvalue weighted by atomic mass is 10.1. The molecule has 0 atom stereocenters. The van der Waals surface area contributed by atoms with Crippen molar-refractivity contribution in [3.05, 3.63) is 46.3 Å². The van der Waals surface area contributed by atoms with Gasteiger partial charge in [0.25, 0.3) is 5.91 Å². The third-order valence-corrected chi connectivity index (χ3v) is 3.52. The number of aryl methyl sites for hydroxylation is 3. The molecule has 5 nitrogen and oxygen atoms in total. The number of anilines is 1. The van der Waals surface area contributed by atoms with Gasteiger partial charge in [-0.25, -0.2) is 0 Å². The van der Waals surface area contributed by atoms with E-state index in [9.17, 15) is 4.79 Å². The van der Waals surface area contributed by atoms with Crippen molar-refractivity contribution in [1.82, 2.24) is 9.78 Å². The maximum Gasteiger partial charge on any atom is 0.259 e. The van der Waals surface area contributed by atoms with E-state index < -0.39 is 0 Å². The third-order valence-electron chi connectivity index (χ3n) is 3.52. The minimum Gasteiger partial charge on any atom is -0.326 e. The summed E-state index contributed by atoms with van der Waals surface area (Å²) in [4.78, 5) is 12.4. The van der Waals surface area contributed by atoms with Gasteiger partial charge in [0.1, 0.15) is 0 Å². The van der Waals surface area contributed by atoms with Crippen LogP contribution in [0, 0.1) is 20.8 Å². The van der Waals surface area contributed by atoms with Crippen LogP contribution in [0.2, 0.25) is 0 Å². The van der Waals surface area contributed by atoms with Crippen LogP contribution >= 0.6 is 0 Å². The van der Waals surface area contributed by atoms with Gasteiger partial charge in [-0.1, -0.05) is 12.1 Å². The van der Waals surface area contributed by atoms with E-state index >= 15 is 0 Å². The Kier molecular flexibility index (Phi) is 3.90. The van der Waals surface area contributed by atoms with Crippen molar-refractivity contribution < 1.29 is 4.79 Å². The Bertz CT molecular complexity index is 658. The van der Waals surface area contributed by atoms with E-state index in [2.05, 4.69) is 10.4 Å². The zero-order valence-corrected chi connectivity index (χ0v) is 12.3. The fourth-order valence-electron chi connectivity index (χ4n) is 2.22. The fourth-order valence-corrected chi connectivity index (χ4v) is 2.22. The number of nitrogens with one attached hydrogen (secondary N) is 1. The van der Waals surface area contributed by atoms with Crippen LogP contribution in [-0.4, -0.2) is 15.7 Å². The molecule has 2 aromatic rings. The molecule has 0 aliphatic heterocycles. The zero-order chi connectivity index (χ0) is 14.9. The monoisotopic (exact) mass is 272 g/mol. The molecule has 1 aromatic heterocycles. The Balaban J connectivity index is 2.32. The van der Waals surface area contributed by atoms with Crippen molar-refractivity contribution in [3.63, 3.8) is 0 Å². The van der Waals surface area contributed by atoms with Gasteiger partial charge in [-0.05, 0) is 38.0 Å². The smallest absolute Gasteiger partial charge is 0.259 e. The summed E-state index contributed by atoms with van der Waals surface area (Å²) in [5, 5.41) is 7.21. The highest BCUT2D eigenvalue weighted by Gasteiger charge is 2.17. The number of carbonyl (C=O) groups is 1. The van der Waals surface area contributed by atoms with E-state index in [1.807, 2.05) is 46.0 Å². The standard InChI is InChI=1S/C15H20N4O/c1-9-5-6-12(8-16)7-13(9)17-15(20)14-10(2)18-19(4)11(14)3/h5-7H,8,16H2,1-4H3,(H,17,20). The first kappa shape index (κ1) is 14.3. The van der Waals surface area contributed by atoms with Crippen molar-refractivity contribution >= 4 is 11.6 Å². The predicted molar refractivity (Wildman–Crippen MR) is 79.7 cm³/mol. The van der Waals surface area contributed by atoms with Gasteiger partial charge in [0.2, 0.25) is 0 Å². The lowest BCUT2D eigenvalue weighted by molar-refractivity contribution is 0.102. The SMILES string of the molecule is Cc1ccc(CN)cc1NC(=O)c1c(C)nn(C)c1C. The molecule has 0 bridgehead atoms. The van der Waals surface area contributed by atoms with Gasteiger partial charge in [-0.15, -0.1) is 0 Å². The molecular weight excluding hydrogens is 252 g/mol. The average Bonchev–Trinajstić information content (AvgIpc) is 2.66. The topological polar surface area (TPSA) is 72.9 Å². The second-order valence-electron chi connectivity index (χ2n) is 4.98. The van der Waals surface area contributed by atoms with Crippen molar-refractivity contribution in [2.45, 2.75) is 27.3 Å². The highest BCUT2D eigenvalue weighted by molar-refractivity contribution is 6.06. The maximum absolute atomic E-state index is 12.4. The Morgan fingerprint density at radius 2 is 2.05 bits per heavy atom. The molecule has 0 saturated heterocycles. The van der Waals surface area contributed by atoms with E-state index in [1.54, 1.807) is 4.68 Å². The minimum atomic E-state index is -0.134. The number of rotatable bonds is 3. The largest absolute Gasteiger partial charge is 0.326 e. The molecule has 0 spiro atoms. The first-order valence-electron chi connectivity index (χ1n) is 6.55. The zero-order valence-electron chi connectivity index (χ0n) is 12.3. The number of benzene rings is 1. The number of carbonyl (C=O) groups excluding carboxylic acids is 1. The molecule has 3 N–H and O–H groups in total. The van der Waals surface area contributed by atoms with E-state index in [-0.39, 0.29) is 5.91 Å². The fraction of sp³-hybridized carbons (Fsp3) is 0.333. The van der Waals surface area contributed by atoms with Crippen LogP contribution < -0.4 is 11.1 Å². The van der Waals surface area contributed by atoms with Gasteiger partial charge in [-0.2, -0.15) is 5.10 Å². The van der Waals surface area contributed by atoms with Crippen LogP contribution in [0.25, 0.3) is 0 Å². The molecule has 0 saturated carbocycles. The van der Waals surface area contributed by atoms with Gasteiger partial charge in [0.15, 0.2) is 0 Å². The van der Waals surface area contributed by atoms with Crippen molar-refractivity contribution in [1.29, 1.82) is 0 Å². The van der Waals surface area contributed by atoms with Crippen molar-refractivity contribution in [2.24, 2.45) is 12.8 Å². The number of aromatic nitrogens is 2. The quantitative estimate of drug-likeness (QED) is 0.898. The number of amides is 1. The van der Waals surface area contributed by atoms with Gasteiger partial charge in [-0.3, -0.25) is 9.48 Å². The van der Waals surface area contributed by atoms with Gasteiger partial charge in [0.05, 0.1) is 11.3 Å². The molecule has 1 aromatic carbocycles. The molecule has 106 valence electrons. The molecule has 5 heteroatoms. The van der Waals surface area contributed by atoms with Crippen LogP contribution in [-0.2, 0) is 13.6 Å². The van der Waals surface area contributed by atoms with Crippen LogP contribution in [0.1, 0.15) is 32.9 Å². The van der Waals surface area contributed by atoms with E-state index in [0.29, 0.717) is 12.1 Å². The molecule has 2 rings (SSSR count). The number of hydrogen-bond donors (Lipinski definition) is 2. The Labute approximate surface area is 118 Å². The Morgan fingerprint density at radius 3 is 2.60 bits per heavy atom. The highest BCUT2D eigenvalue weighted by atomic mass is 16.1. The molecule has 0 aliphatic carbocycles. The summed E-state index contributed by atoms with van der Waals surface area (Å²) in [5.74, 6) is -0.134. The second-order valence-corrected chi connectivity index (χ2v) is 4.98. The molecule has 1 heterocycles. The average molecular weight is 272 g/mol. The highest BCUT2D eigenvalue weighted by Crippen LogP contribution is 2.19.